The number of ether oxygens (including phenoxy) is 1. The second kappa shape index (κ2) is 9.40. The number of allylic oxidation sites excluding steroid dienone is 3. The molecule has 5 nitrogen and oxygen atoms in total. The topological polar surface area (TPSA) is 76.7 Å². The summed E-state index contributed by atoms with van der Waals surface area (Å²) >= 11 is 0. The van der Waals surface area contributed by atoms with Crippen molar-refractivity contribution in [1.82, 2.24) is 0 Å². The molecule has 1 aliphatic carbocycles. The number of carboxylic acid groups (broad SMARTS) is 1. The Morgan fingerprint density at radius 3 is 2.85 bits per heavy atom. The maximum atomic E-state index is 11.6. The molecule has 2 unspecified atom stereocenters. The van der Waals surface area contributed by atoms with Gasteiger partial charge in [0.1, 0.15) is 0 Å². The lowest BCUT2D eigenvalue weighted by Crippen LogP contribution is -2.26. The van der Waals surface area contributed by atoms with E-state index in [2.05, 4.69) is 13.8 Å². The second-order valence-corrected chi connectivity index (χ2v) is 7.50. The summed E-state index contributed by atoms with van der Waals surface area (Å²) in [7, 11) is 0. The summed E-state index contributed by atoms with van der Waals surface area (Å²) in [5.41, 5.74) is 1.97. The van der Waals surface area contributed by atoms with Gasteiger partial charge >= 0.3 is 11.9 Å². The van der Waals surface area contributed by atoms with E-state index in [1.807, 2.05) is 12.1 Å². The number of hydrogen-bond donors (Lipinski definition) is 1. The number of rotatable bonds is 5. The molecule has 1 aromatic heterocycles. The minimum atomic E-state index is -1.02. The van der Waals surface area contributed by atoms with Crippen molar-refractivity contribution in [2.75, 3.05) is 0 Å². The van der Waals surface area contributed by atoms with Crippen LogP contribution in [0.4, 0.5) is 0 Å². The largest absolute Gasteiger partial charge is 0.478 e. The Balaban J connectivity index is 2.23. The molecule has 146 valence electrons. The molecule has 0 fully saturated rings. The van der Waals surface area contributed by atoms with Crippen LogP contribution in [-0.4, -0.2) is 17.0 Å². The fourth-order valence-electron chi connectivity index (χ4n) is 3.36. The fraction of sp³-hybridized carbons (Fsp3) is 0.455. The highest BCUT2D eigenvalue weighted by molar-refractivity contribution is 5.92. The monoisotopic (exact) mass is 372 g/mol. The van der Waals surface area contributed by atoms with Gasteiger partial charge in [0, 0.05) is 12.5 Å². The van der Waals surface area contributed by atoms with Crippen LogP contribution in [0, 0.1) is 11.3 Å². The Kier molecular flexibility index (Phi) is 7.22. The predicted octanol–water partition coefficient (Wildman–Crippen LogP) is 5.05. The summed E-state index contributed by atoms with van der Waals surface area (Å²) in [6.45, 7) is 5.79. The van der Waals surface area contributed by atoms with Gasteiger partial charge in [-0.25, -0.2) is 4.79 Å². The van der Waals surface area contributed by atoms with E-state index >= 15 is 0 Å². The molecule has 0 spiro atoms. The maximum absolute atomic E-state index is 11.6. The van der Waals surface area contributed by atoms with Gasteiger partial charge < -0.3 is 14.3 Å². The molecule has 0 radical (unpaired) electrons. The summed E-state index contributed by atoms with van der Waals surface area (Å²) < 4.78 is 10.1. The van der Waals surface area contributed by atoms with Gasteiger partial charge in [-0.15, -0.1) is 0 Å². The average molecular weight is 372 g/mol. The van der Waals surface area contributed by atoms with Crippen molar-refractivity contribution in [2.45, 2.75) is 52.9 Å². The van der Waals surface area contributed by atoms with Crippen LogP contribution < -0.4 is 0 Å². The number of aryl methyl sites for hydroxylation is 1. The summed E-state index contributed by atoms with van der Waals surface area (Å²) in [5.74, 6) is -1.12. The highest BCUT2D eigenvalue weighted by Gasteiger charge is 2.30. The first-order chi connectivity index (χ1) is 12.8. The number of hydrogen-bond acceptors (Lipinski definition) is 4. The average Bonchev–Trinajstić information content (AvgIpc) is 3.13. The van der Waals surface area contributed by atoms with Crippen molar-refractivity contribution >= 4 is 11.9 Å². The van der Waals surface area contributed by atoms with E-state index in [0.29, 0.717) is 17.9 Å². The van der Waals surface area contributed by atoms with Crippen LogP contribution in [-0.2, 0) is 20.7 Å². The van der Waals surface area contributed by atoms with Crippen LogP contribution in [0.15, 0.2) is 58.6 Å². The highest BCUT2D eigenvalue weighted by Crippen LogP contribution is 2.40. The van der Waals surface area contributed by atoms with E-state index in [9.17, 15) is 14.7 Å². The normalized spacial score (nSPS) is 25.1. The number of aliphatic carboxylic acids is 1. The Hall–Kier alpha value is -2.56. The number of carboxylic acids is 1. The highest BCUT2D eigenvalue weighted by atomic mass is 16.5. The predicted molar refractivity (Wildman–Crippen MR) is 103 cm³/mol. The zero-order valence-corrected chi connectivity index (χ0v) is 16.2. The van der Waals surface area contributed by atoms with Crippen molar-refractivity contribution in [1.29, 1.82) is 0 Å². The van der Waals surface area contributed by atoms with E-state index in [1.54, 1.807) is 24.7 Å². The van der Waals surface area contributed by atoms with Crippen LogP contribution in [0.3, 0.4) is 0 Å². The third kappa shape index (κ3) is 5.98. The molecule has 1 aliphatic rings. The van der Waals surface area contributed by atoms with E-state index in [0.717, 1.165) is 25.7 Å². The van der Waals surface area contributed by atoms with Crippen molar-refractivity contribution in [3.05, 3.63) is 59.8 Å². The zero-order chi connectivity index (χ0) is 19.9. The summed E-state index contributed by atoms with van der Waals surface area (Å²) in [6.07, 6.45) is 14.4. The van der Waals surface area contributed by atoms with Gasteiger partial charge in [0.2, 0.25) is 0 Å². The smallest absolute Gasteiger partial charge is 0.336 e. The standard InChI is InChI=1S/C22H28O5/c1-16-7-8-19(15-27-17(2)23)20(21(24)25)6-4-5-11-22(16,3)12-9-18-10-13-26-14-18/h4-6,10,13-16H,7-9,11-12H2,1-3H3,(H,24,25). The van der Waals surface area contributed by atoms with Gasteiger partial charge in [-0.2, -0.15) is 0 Å². The first-order valence-corrected chi connectivity index (χ1v) is 9.29. The maximum Gasteiger partial charge on any atom is 0.336 e. The van der Waals surface area contributed by atoms with Crippen molar-refractivity contribution < 1.29 is 23.8 Å². The molecule has 1 N–H and O–H groups in total. The molecule has 0 saturated heterocycles. The van der Waals surface area contributed by atoms with Gasteiger partial charge in [0.25, 0.3) is 0 Å². The molecule has 0 bridgehead atoms. The second-order valence-electron chi connectivity index (χ2n) is 7.50. The molecule has 27 heavy (non-hydrogen) atoms. The van der Waals surface area contributed by atoms with E-state index in [-0.39, 0.29) is 11.0 Å². The molecular weight excluding hydrogens is 344 g/mol. The minimum absolute atomic E-state index is 0.0783. The molecule has 5 heteroatoms. The Morgan fingerprint density at radius 1 is 1.44 bits per heavy atom. The molecule has 0 aliphatic heterocycles. The molecule has 2 atom stereocenters. The van der Waals surface area contributed by atoms with E-state index in [1.165, 1.54) is 18.7 Å². The minimum Gasteiger partial charge on any atom is -0.478 e. The third-order valence-electron chi connectivity index (χ3n) is 5.53. The number of carbonyl (C=O) groups excluding carboxylic acids is 1. The summed E-state index contributed by atoms with van der Waals surface area (Å²) in [4.78, 5) is 22.8. The summed E-state index contributed by atoms with van der Waals surface area (Å²) in [6, 6.07) is 1.99. The molecule has 2 rings (SSSR count). The van der Waals surface area contributed by atoms with Gasteiger partial charge in [0.05, 0.1) is 24.4 Å². The molecule has 1 heterocycles. The summed E-state index contributed by atoms with van der Waals surface area (Å²) in [5, 5.41) is 9.52. The number of furan rings is 1. The van der Waals surface area contributed by atoms with Gasteiger partial charge in [-0.05, 0) is 61.1 Å². The van der Waals surface area contributed by atoms with Crippen molar-refractivity contribution in [3.8, 4) is 0 Å². The Labute approximate surface area is 160 Å². The lowest BCUT2D eigenvalue weighted by atomic mass is 9.69. The molecule has 0 saturated carbocycles. The van der Waals surface area contributed by atoms with Crippen LogP contribution >= 0.6 is 0 Å². The van der Waals surface area contributed by atoms with Gasteiger partial charge in [0.15, 0.2) is 0 Å². The van der Waals surface area contributed by atoms with Gasteiger partial charge in [-0.1, -0.05) is 26.0 Å². The van der Waals surface area contributed by atoms with E-state index < -0.39 is 11.9 Å². The zero-order valence-electron chi connectivity index (χ0n) is 16.2. The first kappa shape index (κ1) is 20.7. The first-order valence-electron chi connectivity index (χ1n) is 9.29. The molecule has 0 aromatic carbocycles. The fourth-order valence-corrected chi connectivity index (χ4v) is 3.36. The van der Waals surface area contributed by atoms with Crippen molar-refractivity contribution in [3.63, 3.8) is 0 Å². The molecule has 0 amide bonds. The molecular formula is C22H28O5. The lowest BCUT2D eigenvalue weighted by molar-refractivity contribution is -0.136. The van der Waals surface area contributed by atoms with Crippen molar-refractivity contribution in [2.24, 2.45) is 11.3 Å². The van der Waals surface area contributed by atoms with Crippen LogP contribution in [0.2, 0.25) is 0 Å². The number of esters is 1. The lowest BCUT2D eigenvalue weighted by Gasteiger charge is -2.36. The quantitative estimate of drug-likeness (QED) is 0.578. The Morgan fingerprint density at radius 2 is 2.22 bits per heavy atom. The van der Waals surface area contributed by atoms with E-state index in [4.69, 9.17) is 9.15 Å². The third-order valence-corrected chi connectivity index (χ3v) is 5.53. The van der Waals surface area contributed by atoms with Crippen LogP contribution in [0.25, 0.3) is 0 Å². The van der Waals surface area contributed by atoms with Crippen LogP contribution in [0.1, 0.15) is 52.0 Å². The van der Waals surface area contributed by atoms with Crippen LogP contribution in [0.5, 0.6) is 0 Å². The SMILES string of the molecule is CC(=O)OC=C1CCC(C)C(C)(CCc2ccoc2)CC=CC=C1C(=O)O. The Bertz CT molecular complexity index is 739. The van der Waals surface area contributed by atoms with Gasteiger partial charge in [-0.3, -0.25) is 4.79 Å². The molecule has 1 aromatic rings. The number of carbonyl (C=O) groups is 2.